The molecule has 0 aliphatic carbocycles. The van der Waals surface area contributed by atoms with Gasteiger partial charge in [-0.2, -0.15) is 13.2 Å². The molecule has 0 spiro atoms. The predicted octanol–water partition coefficient (Wildman–Crippen LogP) is 3.23. The Kier molecular flexibility index (Phi) is 4.28. The van der Waals surface area contributed by atoms with Crippen molar-refractivity contribution < 1.29 is 31.9 Å². The van der Waals surface area contributed by atoms with E-state index in [4.69, 9.17) is 13.9 Å². The Balaban J connectivity index is 1.33. The molecule has 0 saturated carbocycles. The van der Waals surface area contributed by atoms with Gasteiger partial charge in [0.1, 0.15) is 0 Å². The van der Waals surface area contributed by atoms with Gasteiger partial charge in [-0.05, 0) is 25.0 Å². The summed E-state index contributed by atoms with van der Waals surface area (Å²) in [7, 11) is 0. The molecule has 1 fully saturated rings. The van der Waals surface area contributed by atoms with Crippen LogP contribution in [0.3, 0.4) is 0 Å². The lowest BCUT2D eigenvalue weighted by molar-refractivity contribution is -0.157. The van der Waals surface area contributed by atoms with Gasteiger partial charge in [0.05, 0.1) is 0 Å². The molecule has 0 unspecified atom stereocenters. The first-order valence-electron chi connectivity index (χ1n) is 8.26. The zero-order chi connectivity index (χ0) is 19.0. The number of halogens is 3. The lowest BCUT2D eigenvalue weighted by atomic mass is 9.97. The highest BCUT2D eigenvalue weighted by molar-refractivity contribution is 5.89. The lowest BCUT2D eigenvalue weighted by Gasteiger charge is -2.30. The first-order chi connectivity index (χ1) is 12.9. The maximum atomic E-state index is 12.6. The third-order valence-electron chi connectivity index (χ3n) is 4.44. The van der Waals surface area contributed by atoms with Gasteiger partial charge in [-0.25, -0.2) is 4.79 Å². The van der Waals surface area contributed by atoms with E-state index in [0.717, 1.165) is 0 Å². The topological polar surface area (TPSA) is 89.7 Å². The molecule has 11 heteroatoms. The number of rotatable bonds is 2. The monoisotopic (exact) mass is 384 g/mol. The zero-order valence-corrected chi connectivity index (χ0v) is 14.0. The van der Waals surface area contributed by atoms with Crippen molar-refractivity contribution in [2.45, 2.75) is 24.9 Å². The minimum absolute atomic E-state index is 0.0434. The average Bonchev–Trinajstić information content (AvgIpc) is 3.30. The Morgan fingerprint density at radius 3 is 2.59 bits per heavy atom. The van der Waals surface area contributed by atoms with Crippen LogP contribution < -0.4 is 14.8 Å². The average molecular weight is 384 g/mol. The number of ether oxygens (including phenoxy) is 2. The SMILES string of the molecule is O=C(Nc1ccc2c(c1)OCO2)N1CCC(c2nnc(C(F)(F)F)o2)CC1. The Labute approximate surface area is 151 Å². The highest BCUT2D eigenvalue weighted by Crippen LogP contribution is 2.35. The van der Waals surface area contributed by atoms with E-state index in [0.29, 0.717) is 43.1 Å². The number of likely N-dealkylation sites (tertiary alicyclic amines) is 1. The number of carbonyl (C=O) groups excluding carboxylic acids is 1. The number of urea groups is 1. The number of piperidine rings is 1. The standard InChI is InChI=1S/C16H15F3N4O4/c17-16(18,19)14-22-21-13(27-14)9-3-5-23(6-4-9)15(24)20-10-1-2-11-12(7-10)26-8-25-11/h1-2,7,9H,3-6,8H2,(H,20,24). The molecule has 0 atom stereocenters. The number of nitrogens with one attached hydrogen (secondary N) is 1. The van der Waals surface area contributed by atoms with E-state index in [1.807, 2.05) is 0 Å². The number of fused-ring (bicyclic) bond motifs is 1. The molecule has 4 rings (SSSR count). The van der Waals surface area contributed by atoms with Crippen LogP contribution in [0.15, 0.2) is 22.6 Å². The van der Waals surface area contributed by atoms with E-state index >= 15 is 0 Å². The van der Waals surface area contributed by atoms with Crippen LogP contribution in [-0.4, -0.2) is 41.0 Å². The minimum Gasteiger partial charge on any atom is -0.454 e. The normalized spacial score (nSPS) is 17.2. The molecule has 2 amide bonds. The summed E-state index contributed by atoms with van der Waals surface area (Å²) in [5.74, 6) is -0.517. The maximum absolute atomic E-state index is 12.6. The fraction of sp³-hybridized carbons (Fsp3) is 0.438. The van der Waals surface area contributed by atoms with Gasteiger partial charge in [0.2, 0.25) is 12.7 Å². The Bertz CT molecular complexity index is 846. The third kappa shape index (κ3) is 3.62. The summed E-state index contributed by atoms with van der Waals surface area (Å²) in [5, 5.41) is 9.31. The van der Waals surface area contributed by atoms with Crippen molar-refractivity contribution in [3.05, 3.63) is 30.0 Å². The van der Waals surface area contributed by atoms with Crippen molar-refractivity contribution in [2.75, 3.05) is 25.2 Å². The van der Waals surface area contributed by atoms with Gasteiger partial charge in [0, 0.05) is 30.8 Å². The van der Waals surface area contributed by atoms with E-state index in [1.54, 1.807) is 23.1 Å². The van der Waals surface area contributed by atoms with Crippen molar-refractivity contribution in [3.8, 4) is 11.5 Å². The number of carbonyl (C=O) groups is 1. The largest absolute Gasteiger partial charge is 0.470 e. The highest BCUT2D eigenvalue weighted by Gasteiger charge is 2.39. The molecule has 1 saturated heterocycles. The van der Waals surface area contributed by atoms with Gasteiger partial charge in [0.25, 0.3) is 0 Å². The van der Waals surface area contributed by atoms with Crippen LogP contribution in [0.5, 0.6) is 11.5 Å². The lowest BCUT2D eigenvalue weighted by Crippen LogP contribution is -2.40. The molecular weight excluding hydrogens is 369 g/mol. The van der Waals surface area contributed by atoms with Gasteiger partial charge in [-0.15, -0.1) is 10.2 Å². The quantitative estimate of drug-likeness (QED) is 0.855. The van der Waals surface area contributed by atoms with Gasteiger partial charge in [-0.1, -0.05) is 0 Å². The van der Waals surface area contributed by atoms with Crippen molar-refractivity contribution in [2.24, 2.45) is 0 Å². The van der Waals surface area contributed by atoms with Crippen LogP contribution in [0.25, 0.3) is 0 Å². The van der Waals surface area contributed by atoms with Gasteiger partial charge < -0.3 is 24.1 Å². The Morgan fingerprint density at radius 2 is 1.89 bits per heavy atom. The first kappa shape index (κ1) is 17.4. The number of hydrogen-bond donors (Lipinski definition) is 1. The molecule has 1 N–H and O–H groups in total. The molecule has 1 aromatic carbocycles. The van der Waals surface area contributed by atoms with Crippen LogP contribution in [0, 0.1) is 0 Å². The van der Waals surface area contributed by atoms with Crippen LogP contribution in [0.1, 0.15) is 30.5 Å². The van der Waals surface area contributed by atoms with Crippen molar-refractivity contribution in [3.63, 3.8) is 0 Å². The zero-order valence-electron chi connectivity index (χ0n) is 14.0. The van der Waals surface area contributed by atoms with Crippen molar-refractivity contribution >= 4 is 11.7 Å². The van der Waals surface area contributed by atoms with E-state index in [-0.39, 0.29) is 24.6 Å². The van der Waals surface area contributed by atoms with E-state index in [9.17, 15) is 18.0 Å². The number of alkyl halides is 3. The molecule has 1 aromatic heterocycles. The van der Waals surface area contributed by atoms with Crippen LogP contribution in [0.4, 0.5) is 23.7 Å². The summed E-state index contributed by atoms with van der Waals surface area (Å²) < 4.78 is 52.9. The molecule has 2 aliphatic heterocycles. The Morgan fingerprint density at radius 1 is 1.15 bits per heavy atom. The van der Waals surface area contributed by atoms with Crippen LogP contribution in [0.2, 0.25) is 0 Å². The third-order valence-corrected chi connectivity index (χ3v) is 4.44. The van der Waals surface area contributed by atoms with Gasteiger partial charge in [-0.3, -0.25) is 0 Å². The molecular formula is C16H15F3N4O4. The summed E-state index contributed by atoms with van der Waals surface area (Å²) in [4.78, 5) is 14.0. The minimum atomic E-state index is -4.66. The number of aromatic nitrogens is 2. The van der Waals surface area contributed by atoms with E-state index in [2.05, 4.69) is 15.5 Å². The molecule has 144 valence electrons. The van der Waals surface area contributed by atoms with Crippen molar-refractivity contribution in [1.29, 1.82) is 0 Å². The molecule has 2 aromatic rings. The van der Waals surface area contributed by atoms with Crippen LogP contribution >= 0.6 is 0 Å². The second-order valence-corrected chi connectivity index (χ2v) is 6.20. The summed E-state index contributed by atoms with van der Waals surface area (Å²) >= 11 is 0. The van der Waals surface area contributed by atoms with E-state index < -0.39 is 12.1 Å². The number of benzene rings is 1. The van der Waals surface area contributed by atoms with Crippen molar-refractivity contribution in [1.82, 2.24) is 15.1 Å². The smallest absolute Gasteiger partial charge is 0.454 e. The highest BCUT2D eigenvalue weighted by atomic mass is 19.4. The number of amides is 2. The summed E-state index contributed by atoms with van der Waals surface area (Å²) in [6, 6.07) is 4.78. The fourth-order valence-corrected chi connectivity index (χ4v) is 3.02. The summed E-state index contributed by atoms with van der Waals surface area (Å²) in [6.07, 6.45) is -3.78. The number of anilines is 1. The molecule has 8 nitrogen and oxygen atoms in total. The molecule has 0 bridgehead atoms. The summed E-state index contributed by atoms with van der Waals surface area (Å²) in [6.45, 7) is 0.877. The number of nitrogens with zero attached hydrogens (tertiary/aromatic N) is 3. The van der Waals surface area contributed by atoms with E-state index in [1.165, 1.54) is 0 Å². The summed E-state index contributed by atoms with van der Waals surface area (Å²) in [5.41, 5.74) is 0.568. The Hall–Kier alpha value is -2.98. The molecule has 0 radical (unpaired) electrons. The fourth-order valence-electron chi connectivity index (χ4n) is 3.02. The first-order valence-corrected chi connectivity index (χ1v) is 8.26. The predicted molar refractivity (Wildman–Crippen MR) is 84.4 cm³/mol. The second-order valence-electron chi connectivity index (χ2n) is 6.20. The van der Waals surface area contributed by atoms with Gasteiger partial charge >= 0.3 is 18.1 Å². The molecule has 2 aliphatic rings. The molecule has 27 heavy (non-hydrogen) atoms. The number of hydrogen-bond acceptors (Lipinski definition) is 6. The second kappa shape index (κ2) is 6.63. The maximum Gasteiger partial charge on any atom is 0.470 e. The molecule has 3 heterocycles. The van der Waals surface area contributed by atoms with Crippen LogP contribution in [-0.2, 0) is 6.18 Å². The van der Waals surface area contributed by atoms with Gasteiger partial charge in [0.15, 0.2) is 11.5 Å².